The van der Waals surface area contributed by atoms with Gasteiger partial charge < -0.3 is 10.8 Å². The van der Waals surface area contributed by atoms with E-state index in [0.29, 0.717) is 0 Å². The molecule has 2 aromatic rings. The summed E-state index contributed by atoms with van der Waals surface area (Å²) in [5, 5.41) is 10.2. The highest BCUT2D eigenvalue weighted by Crippen LogP contribution is 2.35. The van der Waals surface area contributed by atoms with Crippen LogP contribution in [-0.2, 0) is 0 Å². The van der Waals surface area contributed by atoms with Gasteiger partial charge in [-0.05, 0) is 17.7 Å². The summed E-state index contributed by atoms with van der Waals surface area (Å²) in [5.41, 5.74) is 5.73. The highest BCUT2D eigenvalue weighted by atomic mass is 35.5. The van der Waals surface area contributed by atoms with Crippen LogP contribution in [0.5, 0.6) is 0 Å². The van der Waals surface area contributed by atoms with Crippen molar-refractivity contribution in [2.24, 2.45) is 5.73 Å². The smallest absolute Gasteiger partial charge is 0.147 e. The third kappa shape index (κ3) is 3.19. The fraction of sp³-hybridized carbons (Fsp3) is 0.200. The molecule has 21 heavy (non-hydrogen) atoms. The van der Waals surface area contributed by atoms with Crippen molar-refractivity contribution in [2.45, 2.75) is 12.0 Å². The van der Waals surface area contributed by atoms with Gasteiger partial charge in [-0.15, -0.1) is 0 Å². The summed E-state index contributed by atoms with van der Waals surface area (Å²) in [7, 11) is 0. The fourth-order valence-electron chi connectivity index (χ4n) is 2.20. The lowest BCUT2D eigenvalue weighted by molar-refractivity contribution is 0.141. The van der Waals surface area contributed by atoms with Crippen molar-refractivity contribution < 1.29 is 13.9 Å². The largest absolute Gasteiger partial charge is 0.388 e. The summed E-state index contributed by atoms with van der Waals surface area (Å²) in [6.45, 7) is -0.0790. The molecule has 0 saturated heterocycles. The second-order valence-corrected chi connectivity index (χ2v) is 5.39. The average Bonchev–Trinajstić information content (AvgIpc) is 2.47. The topological polar surface area (TPSA) is 46.2 Å². The lowest BCUT2D eigenvalue weighted by atomic mass is 9.88. The summed E-state index contributed by atoms with van der Waals surface area (Å²) in [4.78, 5) is 0. The van der Waals surface area contributed by atoms with Crippen LogP contribution in [0.2, 0.25) is 10.0 Å². The third-order valence-electron chi connectivity index (χ3n) is 3.32. The first kappa shape index (κ1) is 16.2. The Morgan fingerprint density at radius 2 is 1.43 bits per heavy atom. The molecule has 2 rings (SSSR count). The Balaban J connectivity index is 2.46. The standard InChI is InChI=1S/C15H13Cl2F2NO/c16-11-5-1-3-8(13(11)18)10(7-20)15(21)9-4-2-6-12(17)14(9)19/h1-6,10,15,21H,7,20H2. The van der Waals surface area contributed by atoms with Crippen molar-refractivity contribution in [1.29, 1.82) is 0 Å². The molecule has 0 heterocycles. The maximum absolute atomic E-state index is 14.1. The molecule has 0 radical (unpaired) electrons. The summed E-state index contributed by atoms with van der Waals surface area (Å²) >= 11 is 11.4. The molecule has 2 unspecified atom stereocenters. The van der Waals surface area contributed by atoms with Crippen LogP contribution in [-0.4, -0.2) is 11.7 Å². The van der Waals surface area contributed by atoms with Crippen LogP contribution < -0.4 is 5.73 Å². The molecular formula is C15H13Cl2F2NO. The molecule has 0 saturated carbocycles. The Kier molecular flexibility index (Phi) is 5.17. The normalized spacial score (nSPS) is 14.0. The van der Waals surface area contributed by atoms with Crippen LogP contribution in [0.3, 0.4) is 0 Å². The maximum Gasteiger partial charge on any atom is 0.147 e. The van der Waals surface area contributed by atoms with Crippen molar-refractivity contribution in [1.82, 2.24) is 0 Å². The quantitative estimate of drug-likeness (QED) is 0.887. The van der Waals surface area contributed by atoms with E-state index in [1.54, 1.807) is 6.07 Å². The Morgan fingerprint density at radius 3 is 1.95 bits per heavy atom. The average molecular weight is 332 g/mol. The lowest BCUT2D eigenvalue weighted by Gasteiger charge is -2.23. The van der Waals surface area contributed by atoms with Gasteiger partial charge in [0.25, 0.3) is 0 Å². The van der Waals surface area contributed by atoms with Crippen LogP contribution in [0.25, 0.3) is 0 Å². The first-order valence-corrected chi connectivity index (χ1v) is 6.99. The molecule has 2 atom stereocenters. The van der Waals surface area contributed by atoms with Crippen LogP contribution in [0, 0.1) is 11.6 Å². The molecule has 2 nitrogen and oxygen atoms in total. The Hall–Kier alpha value is -1.20. The van der Waals surface area contributed by atoms with E-state index in [1.165, 1.54) is 30.3 Å². The molecule has 6 heteroatoms. The van der Waals surface area contributed by atoms with E-state index in [-0.39, 0.29) is 27.7 Å². The van der Waals surface area contributed by atoms with E-state index >= 15 is 0 Å². The van der Waals surface area contributed by atoms with Gasteiger partial charge >= 0.3 is 0 Å². The first-order chi connectivity index (χ1) is 9.97. The second kappa shape index (κ2) is 6.71. The minimum Gasteiger partial charge on any atom is -0.388 e. The number of rotatable bonds is 4. The Labute approximate surface area is 131 Å². The van der Waals surface area contributed by atoms with Gasteiger partial charge in [0.15, 0.2) is 0 Å². The van der Waals surface area contributed by atoms with Crippen LogP contribution in [0.15, 0.2) is 36.4 Å². The molecule has 3 N–H and O–H groups in total. The Morgan fingerprint density at radius 1 is 0.952 bits per heavy atom. The van der Waals surface area contributed by atoms with Gasteiger partial charge in [-0.1, -0.05) is 47.5 Å². The fourth-order valence-corrected chi connectivity index (χ4v) is 2.56. The van der Waals surface area contributed by atoms with Crippen LogP contribution in [0.1, 0.15) is 23.1 Å². The van der Waals surface area contributed by atoms with E-state index < -0.39 is 23.7 Å². The first-order valence-electron chi connectivity index (χ1n) is 6.23. The van der Waals surface area contributed by atoms with Gasteiger partial charge in [0.05, 0.1) is 16.1 Å². The van der Waals surface area contributed by atoms with Crippen molar-refractivity contribution in [3.63, 3.8) is 0 Å². The van der Waals surface area contributed by atoms with Gasteiger partial charge in [-0.3, -0.25) is 0 Å². The zero-order chi connectivity index (χ0) is 15.6. The summed E-state index contributed by atoms with van der Waals surface area (Å²) in [5.74, 6) is -2.25. The van der Waals surface area contributed by atoms with Gasteiger partial charge in [-0.25, -0.2) is 8.78 Å². The van der Waals surface area contributed by atoms with E-state index in [2.05, 4.69) is 0 Å². The lowest BCUT2D eigenvalue weighted by Crippen LogP contribution is -2.22. The molecule has 0 aliphatic rings. The molecule has 0 spiro atoms. The van der Waals surface area contributed by atoms with Crippen LogP contribution in [0.4, 0.5) is 8.78 Å². The van der Waals surface area contributed by atoms with Crippen molar-refractivity contribution in [3.05, 3.63) is 69.2 Å². The molecule has 0 amide bonds. The van der Waals surface area contributed by atoms with E-state index in [0.717, 1.165) is 0 Å². The predicted octanol–water partition coefficient (Wildman–Crippen LogP) is 4.05. The molecule has 2 aromatic carbocycles. The highest BCUT2D eigenvalue weighted by Gasteiger charge is 2.27. The van der Waals surface area contributed by atoms with Gasteiger partial charge in [0.2, 0.25) is 0 Å². The van der Waals surface area contributed by atoms with Crippen molar-refractivity contribution in [3.8, 4) is 0 Å². The number of aliphatic hydroxyl groups excluding tert-OH is 1. The maximum atomic E-state index is 14.1. The highest BCUT2D eigenvalue weighted by molar-refractivity contribution is 6.31. The monoisotopic (exact) mass is 331 g/mol. The van der Waals surface area contributed by atoms with Gasteiger partial charge in [0, 0.05) is 18.0 Å². The zero-order valence-electron chi connectivity index (χ0n) is 10.9. The molecule has 0 bridgehead atoms. The predicted molar refractivity (Wildman–Crippen MR) is 79.6 cm³/mol. The number of hydrogen-bond donors (Lipinski definition) is 2. The number of hydrogen-bond acceptors (Lipinski definition) is 2. The summed E-state index contributed by atoms with van der Waals surface area (Å²) < 4.78 is 28.1. The number of benzene rings is 2. The van der Waals surface area contributed by atoms with Gasteiger partial charge in [0.1, 0.15) is 11.6 Å². The minimum absolute atomic E-state index is 0.0303. The molecule has 112 valence electrons. The summed E-state index contributed by atoms with van der Waals surface area (Å²) in [6.07, 6.45) is -1.33. The molecule has 0 fully saturated rings. The Bertz CT molecular complexity index is 652. The van der Waals surface area contributed by atoms with Crippen LogP contribution >= 0.6 is 23.2 Å². The van der Waals surface area contributed by atoms with E-state index in [4.69, 9.17) is 28.9 Å². The third-order valence-corrected chi connectivity index (χ3v) is 3.90. The minimum atomic E-state index is -1.33. The SMILES string of the molecule is NCC(c1cccc(Cl)c1F)C(O)c1cccc(Cl)c1F. The number of halogens is 4. The number of nitrogens with two attached hydrogens (primary N) is 1. The summed E-state index contributed by atoms with van der Waals surface area (Å²) in [6, 6.07) is 8.66. The second-order valence-electron chi connectivity index (χ2n) is 4.57. The van der Waals surface area contributed by atoms with E-state index in [9.17, 15) is 13.9 Å². The molecular weight excluding hydrogens is 319 g/mol. The molecule has 0 aliphatic carbocycles. The number of aliphatic hydroxyl groups is 1. The zero-order valence-corrected chi connectivity index (χ0v) is 12.4. The van der Waals surface area contributed by atoms with Gasteiger partial charge in [-0.2, -0.15) is 0 Å². The molecule has 0 aliphatic heterocycles. The van der Waals surface area contributed by atoms with Crippen molar-refractivity contribution in [2.75, 3.05) is 6.54 Å². The van der Waals surface area contributed by atoms with E-state index in [1.807, 2.05) is 0 Å². The van der Waals surface area contributed by atoms with Crippen molar-refractivity contribution >= 4 is 23.2 Å². The molecule has 0 aromatic heterocycles.